The first-order valence-electron chi connectivity index (χ1n) is 15.8. The minimum absolute atomic E-state index is 0.0741. The number of benzene rings is 4. The zero-order valence-electron chi connectivity index (χ0n) is 26.0. The van der Waals surface area contributed by atoms with Gasteiger partial charge in [0.25, 0.3) is 10.1 Å². The Morgan fingerprint density at radius 2 is 0.860 bits per heavy atom. The van der Waals surface area contributed by atoms with Crippen molar-refractivity contribution in [2.24, 2.45) is 0 Å². The predicted molar refractivity (Wildman–Crippen MR) is 185 cm³/mol. The molecule has 0 atom stereocenters. The standard InChI is InChI=1S/C19H16S.C13H28.C6H6O3S/c1-3-7-16(8-4-1)15-17-11-13-19(14-12-17)20-18-9-5-2-6-10-18;1-3-5-7-9-11-13-12-10-8-6-4-2;7-10(8,9)6-4-2-1-3-5-6/h1-14H,15H2;3-13H2,1-2H3;1-5H,(H,7,8,9). The first-order valence-corrected chi connectivity index (χ1v) is 18.1. The Morgan fingerprint density at radius 1 is 0.488 bits per heavy atom. The van der Waals surface area contributed by atoms with Gasteiger partial charge in [-0.2, -0.15) is 8.42 Å². The van der Waals surface area contributed by atoms with Crippen LogP contribution >= 0.6 is 11.8 Å². The van der Waals surface area contributed by atoms with Gasteiger partial charge in [-0.3, -0.25) is 4.55 Å². The lowest BCUT2D eigenvalue weighted by molar-refractivity contribution is 0.483. The molecule has 0 heterocycles. The molecule has 4 aromatic carbocycles. The van der Waals surface area contributed by atoms with E-state index in [4.69, 9.17) is 4.55 Å². The molecule has 4 aromatic rings. The molecule has 0 aliphatic rings. The average Bonchev–Trinajstić information content (AvgIpc) is 3.03. The second-order valence-corrected chi connectivity index (χ2v) is 13.3. The van der Waals surface area contributed by atoms with Crippen LogP contribution in [0, 0.1) is 0 Å². The van der Waals surface area contributed by atoms with Crippen molar-refractivity contribution in [2.75, 3.05) is 0 Å². The molecule has 232 valence electrons. The topological polar surface area (TPSA) is 54.4 Å². The maximum Gasteiger partial charge on any atom is 0.294 e. The number of hydrogen-bond donors (Lipinski definition) is 1. The van der Waals surface area contributed by atoms with Crippen LogP contribution in [0.1, 0.15) is 95.6 Å². The van der Waals surface area contributed by atoms with Crippen LogP contribution < -0.4 is 0 Å². The highest BCUT2D eigenvalue weighted by Gasteiger charge is 2.05. The molecule has 1 N–H and O–H groups in total. The van der Waals surface area contributed by atoms with Gasteiger partial charge in [-0.1, -0.05) is 175 Å². The monoisotopic (exact) mass is 618 g/mol. The van der Waals surface area contributed by atoms with Gasteiger partial charge in [-0.15, -0.1) is 0 Å². The Bertz CT molecular complexity index is 1240. The summed E-state index contributed by atoms with van der Waals surface area (Å²) in [5.41, 5.74) is 2.71. The van der Waals surface area contributed by atoms with Gasteiger partial charge >= 0.3 is 0 Å². The van der Waals surface area contributed by atoms with E-state index in [-0.39, 0.29) is 4.90 Å². The summed E-state index contributed by atoms with van der Waals surface area (Å²) in [7, 11) is -4.00. The van der Waals surface area contributed by atoms with Crippen LogP contribution in [0.4, 0.5) is 0 Å². The van der Waals surface area contributed by atoms with E-state index in [9.17, 15) is 8.42 Å². The third kappa shape index (κ3) is 17.8. The van der Waals surface area contributed by atoms with Crippen molar-refractivity contribution >= 4 is 21.9 Å². The highest BCUT2D eigenvalue weighted by atomic mass is 32.2. The van der Waals surface area contributed by atoms with E-state index in [0.29, 0.717) is 0 Å². The molecule has 0 aromatic heterocycles. The Hall–Kier alpha value is -2.86. The van der Waals surface area contributed by atoms with Crippen molar-refractivity contribution in [3.8, 4) is 0 Å². The van der Waals surface area contributed by atoms with E-state index >= 15 is 0 Å². The number of rotatable bonds is 15. The van der Waals surface area contributed by atoms with E-state index < -0.39 is 10.1 Å². The second kappa shape index (κ2) is 22.6. The Kier molecular flexibility index (Phi) is 19.1. The van der Waals surface area contributed by atoms with Gasteiger partial charge in [-0.25, -0.2) is 0 Å². The lowest BCUT2D eigenvalue weighted by atomic mass is 10.1. The molecule has 0 saturated carbocycles. The lowest BCUT2D eigenvalue weighted by Crippen LogP contribution is -1.96. The van der Waals surface area contributed by atoms with E-state index in [2.05, 4.69) is 92.7 Å². The van der Waals surface area contributed by atoms with Gasteiger partial charge in [0.15, 0.2) is 0 Å². The summed E-state index contributed by atoms with van der Waals surface area (Å²) in [6.07, 6.45) is 16.9. The van der Waals surface area contributed by atoms with Gasteiger partial charge in [-0.05, 0) is 53.9 Å². The van der Waals surface area contributed by atoms with Gasteiger partial charge in [0, 0.05) is 9.79 Å². The van der Waals surface area contributed by atoms with Gasteiger partial charge in [0.2, 0.25) is 0 Å². The van der Waals surface area contributed by atoms with Crippen LogP contribution in [0.3, 0.4) is 0 Å². The smallest absolute Gasteiger partial charge is 0.282 e. The molecule has 0 aliphatic heterocycles. The fraction of sp³-hybridized carbons (Fsp3) is 0.368. The SMILES string of the molecule is CCCCCCCCCCCCC.O=S(=O)(O)c1ccccc1.c1ccc(Cc2ccc(Sc3ccccc3)cc2)cc1. The molecular formula is C38H50O3S2. The highest BCUT2D eigenvalue weighted by molar-refractivity contribution is 7.99. The summed E-state index contributed by atoms with van der Waals surface area (Å²) in [5, 5.41) is 0. The minimum Gasteiger partial charge on any atom is -0.282 e. The first-order chi connectivity index (χ1) is 20.9. The van der Waals surface area contributed by atoms with E-state index in [1.165, 1.54) is 104 Å². The third-order valence-corrected chi connectivity index (χ3v) is 8.79. The first kappa shape index (κ1) is 36.3. The van der Waals surface area contributed by atoms with E-state index in [1.807, 2.05) is 6.07 Å². The fourth-order valence-electron chi connectivity index (χ4n) is 4.46. The van der Waals surface area contributed by atoms with Gasteiger partial charge in [0.1, 0.15) is 0 Å². The second-order valence-electron chi connectivity index (χ2n) is 10.7. The number of hydrogen-bond acceptors (Lipinski definition) is 3. The Balaban J connectivity index is 0.000000243. The summed E-state index contributed by atoms with van der Waals surface area (Å²) in [5.74, 6) is 0. The van der Waals surface area contributed by atoms with E-state index in [0.717, 1.165) is 6.42 Å². The largest absolute Gasteiger partial charge is 0.294 e. The molecule has 4 rings (SSSR count). The Morgan fingerprint density at radius 3 is 1.28 bits per heavy atom. The maximum absolute atomic E-state index is 10.4. The van der Waals surface area contributed by atoms with Crippen molar-refractivity contribution in [3.05, 3.63) is 126 Å². The summed E-state index contributed by atoms with van der Waals surface area (Å²) in [4.78, 5) is 2.49. The summed E-state index contributed by atoms with van der Waals surface area (Å²) < 4.78 is 29.2. The van der Waals surface area contributed by atoms with Crippen LogP contribution in [-0.2, 0) is 16.5 Å². The maximum atomic E-state index is 10.4. The summed E-state index contributed by atoms with van der Waals surface area (Å²) in [6, 6.07) is 37.3. The van der Waals surface area contributed by atoms with E-state index in [1.54, 1.807) is 30.0 Å². The van der Waals surface area contributed by atoms with Crippen molar-refractivity contribution in [1.29, 1.82) is 0 Å². The van der Waals surface area contributed by atoms with Crippen LogP contribution in [0.15, 0.2) is 130 Å². The zero-order chi connectivity index (χ0) is 31.0. The molecule has 0 spiro atoms. The number of unbranched alkanes of at least 4 members (excludes halogenated alkanes) is 10. The molecular weight excluding hydrogens is 569 g/mol. The van der Waals surface area contributed by atoms with Gasteiger partial charge < -0.3 is 0 Å². The van der Waals surface area contributed by atoms with Crippen LogP contribution in [0.2, 0.25) is 0 Å². The summed E-state index contributed by atoms with van der Waals surface area (Å²) in [6.45, 7) is 4.56. The average molecular weight is 619 g/mol. The normalized spacial score (nSPS) is 10.7. The Labute approximate surface area is 265 Å². The summed E-state index contributed by atoms with van der Waals surface area (Å²) >= 11 is 1.80. The van der Waals surface area contributed by atoms with Crippen molar-refractivity contribution in [1.82, 2.24) is 0 Å². The molecule has 3 nitrogen and oxygen atoms in total. The molecule has 0 saturated heterocycles. The molecule has 0 radical (unpaired) electrons. The van der Waals surface area contributed by atoms with Crippen LogP contribution in [0.25, 0.3) is 0 Å². The van der Waals surface area contributed by atoms with Crippen molar-refractivity contribution < 1.29 is 13.0 Å². The van der Waals surface area contributed by atoms with Crippen LogP contribution in [0.5, 0.6) is 0 Å². The quantitative estimate of drug-likeness (QED) is 0.106. The molecule has 0 unspecified atom stereocenters. The zero-order valence-corrected chi connectivity index (χ0v) is 27.7. The van der Waals surface area contributed by atoms with Crippen molar-refractivity contribution in [3.63, 3.8) is 0 Å². The molecule has 0 aliphatic carbocycles. The lowest BCUT2D eigenvalue weighted by Gasteiger charge is -2.04. The molecule has 5 heteroatoms. The fourth-order valence-corrected chi connectivity index (χ4v) is 5.80. The molecule has 43 heavy (non-hydrogen) atoms. The highest BCUT2D eigenvalue weighted by Crippen LogP contribution is 2.27. The minimum atomic E-state index is -4.00. The molecule has 0 fully saturated rings. The molecule has 0 amide bonds. The van der Waals surface area contributed by atoms with Crippen LogP contribution in [-0.4, -0.2) is 13.0 Å². The van der Waals surface area contributed by atoms with Gasteiger partial charge in [0.05, 0.1) is 4.90 Å². The van der Waals surface area contributed by atoms with Crippen molar-refractivity contribution in [2.45, 2.75) is 106 Å². The predicted octanol–water partition coefficient (Wildman–Crippen LogP) is 11.7. The molecule has 0 bridgehead atoms. The third-order valence-electron chi connectivity index (χ3n) is 6.90.